The monoisotopic (exact) mass is 866 g/mol. The van der Waals surface area contributed by atoms with E-state index in [1.165, 1.54) is 32.2 Å². The van der Waals surface area contributed by atoms with Crippen LogP contribution in [0.15, 0.2) is 29.8 Å². The highest BCUT2D eigenvalue weighted by atomic mass is 32.2. The molecule has 2 aromatic rings. The van der Waals surface area contributed by atoms with Gasteiger partial charge in [-0.25, -0.2) is 32.0 Å². The highest BCUT2D eigenvalue weighted by Crippen LogP contribution is 2.50. The number of aromatic nitrogens is 2. The fraction of sp³-hybridized carbons (Fsp3) is 0.650. The number of sulfonamides is 1. The van der Waals surface area contributed by atoms with Crippen molar-refractivity contribution in [2.45, 2.75) is 133 Å². The minimum absolute atomic E-state index is 0.0182. The van der Waals surface area contributed by atoms with E-state index in [0.717, 1.165) is 10.5 Å². The van der Waals surface area contributed by atoms with Gasteiger partial charge < -0.3 is 29.7 Å². The number of nitrogens with one attached hydrogen (secondary N) is 3. The smallest absolute Gasteiger partial charge is 0.408 e. The van der Waals surface area contributed by atoms with Crippen molar-refractivity contribution in [2.75, 3.05) is 13.7 Å². The minimum Gasteiger partial charge on any atom is -0.497 e. The summed E-state index contributed by atoms with van der Waals surface area (Å²) in [7, 11) is -2.90. The van der Waals surface area contributed by atoms with Crippen molar-refractivity contribution in [3.8, 4) is 11.6 Å². The number of allylic oxidation sites excluding steroid dienone is 1. The van der Waals surface area contributed by atoms with Crippen molar-refractivity contribution >= 4 is 44.9 Å². The lowest BCUT2D eigenvalue weighted by Gasteiger charge is -2.36. The number of hydrogen-bond donors (Lipinski definition) is 3. The van der Waals surface area contributed by atoms with Crippen LogP contribution in [0.5, 0.6) is 11.6 Å². The van der Waals surface area contributed by atoms with Crippen LogP contribution in [-0.2, 0) is 35.1 Å². The molecule has 7 rings (SSSR count). The van der Waals surface area contributed by atoms with Gasteiger partial charge in [0, 0.05) is 24.8 Å². The van der Waals surface area contributed by atoms with Crippen molar-refractivity contribution in [3.63, 3.8) is 0 Å². The first-order valence-corrected chi connectivity index (χ1v) is 21.6. The van der Waals surface area contributed by atoms with Crippen LogP contribution in [0.1, 0.15) is 91.7 Å². The van der Waals surface area contributed by atoms with Crippen LogP contribution in [-0.4, -0.2) is 102 Å². The molecule has 7 atom stereocenters. The molecule has 2 bridgehead atoms. The Balaban J connectivity index is 1.31. The van der Waals surface area contributed by atoms with Crippen molar-refractivity contribution in [1.82, 2.24) is 30.2 Å². The number of nitrogens with zero attached hydrogens (tertiary/aromatic N) is 3. The Labute approximate surface area is 344 Å². The maximum Gasteiger partial charge on any atom is 0.408 e. The summed E-state index contributed by atoms with van der Waals surface area (Å²) in [5.41, 5.74) is -3.17. The average molecular weight is 867 g/mol. The zero-order valence-electron chi connectivity index (χ0n) is 34.2. The van der Waals surface area contributed by atoms with Crippen LogP contribution in [0, 0.1) is 17.3 Å². The van der Waals surface area contributed by atoms with E-state index in [1.54, 1.807) is 33.8 Å². The molecule has 0 radical (unpaired) electrons. The SMILES string of the molecule is CC[C@@H]1[C@@H]2CN(C(=O)[C@H](C(C)(C)C)NC(=O)O[C@@H]3C/C3=C/CCCC(F)(F)c3nc4ccc(OC)cc4nc3O2)[C@@H]1C(=O)N[C@]1(C(=O)NS(=O)(=O)C2(C)CC2)C[C@H]1C(F)F. The van der Waals surface area contributed by atoms with Gasteiger partial charge in [-0.05, 0) is 68.6 Å². The predicted molar refractivity (Wildman–Crippen MR) is 207 cm³/mol. The third-order valence-corrected chi connectivity index (χ3v) is 14.5. The second kappa shape index (κ2) is 15.3. The van der Waals surface area contributed by atoms with Gasteiger partial charge in [-0.2, -0.15) is 8.78 Å². The number of rotatable bonds is 8. The van der Waals surface area contributed by atoms with Crippen LogP contribution in [0.3, 0.4) is 0 Å². The number of carbonyl (C=O) groups excluding carboxylic acids is 4. The number of alkyl carbamates (subject to hydrolysis) is 1. The third-order valence-electron chi connectivity index (χ3n) is 12.4. The molecule has 1 aromatic carbocycles. The van der Waals surface area contributed by atoms with Crippen molar-refractivity contribution < 1.29 is 59.4 Å². The van der Waals surface area contributed by atoms with Gasteiger partial charge in [-0.3, -0.25) is 19.1 Å². The minimum atomic E-state index is -4.32. The molecule has 3 N–H and O–H groups in total. The number of methoxy groups -OCH3 is 1. The Morgan fingerprint density at radius 3 is 2.43 bits per heavy atom. The normalized spacial score (nSPS) is 30.9. The molecule has 0 unspecified atom stereocenters. The Bertz CT molecular complexity index is 2230. The van der Waals surface area contributed by atoms with Gasteiger partial charge in [-0.1, -0.05) is 33.8 Å². The molecule has 15 nitrogen and oxygen atoms in total. The van der Waals surface area contributed by atoms with E-state index < -0.39 is 129 Å². The Kier molecular flexibility index (Phi) is 11.1. The van der Waals surface area contributed by atoms with Gasteiger partial charge in [0.15, 0.2) is 5.69 Å². The molecular weight excluding hydrogens is 817 g/mol. The van der Waals surface area contributed by atoms with Gasteiger partial charge in [0.25, 0.3) is 11.8 Å². The van der Waals surface area contributed by atoms with Gasteiger partial charge in [-0.15, -0.1) is 0 Å². The summed E-state index contributed by atoms with van der Waals surface area (Å²) in [5.74, 6) is -9.87. The molecule has 4 fully saturated rings. The molecule has 20 heteroatoms. The molecular formula is C40H50F4N6O9S. The van der Waals surface area contributed by atoms with E-state index in [4.69, 9.17) is 14.2 Å². The Morgan fingerprint density at radius 1 is 1.10 bits per heavy atom. The zero-order valence-corrected chi connectivity index (χ0v) is 35.0. The van der Waals surface area contributed by atoms with Crippen molar-refractivity contribution in [1.29, 1.82) is 0 Å². The maximum absolute atomic E-state index is 16.3. The average Bonchev–Trinajstić information content (AvgIpc) is 4.12. The van der Waals surface area contributed by atoms with Gasteiger partial charge in [0.05, 0.1) is 35.4 Å². The van der Waals surface area contributed by atoms with E-state index in [0.29, 0.717) is 12.2 Å². The number of hydrogen-bond acceptors (Lipinski definition) is 11. The van der Waals surface area contributed by atoms with Crippen LogP contribution in [0.4, 0.5) is 22.4 Å². The highest BCUT2D eigenvalue weighted by molar-refractivity contribution is 7.91. The second-order valence-corrected chi connectivity index (χ2v) is 20.0. The van der Waals surface area contributed by atoms with Crippen LogP contribution in [0.25, 0.3) is 11.0 Å². The number of halogens is 4. The molecule has 3 heterocycles. The fourth-order valence-electron chi connectivity index (χ4n) is 8.10. The molecule has 4 amide bonds. The third kappa shape index (κ3) is 8.19. The second-order valence-electron chi connectivity index (χ2n) is 17.8. The molecule has 328 valence electrons. The number of carbonyl (C=O) groups is 4. The number of fused-ring (bicyclic) bond motifs is 5. The first-order chi connectivity index (χ1) is 28.0. The maximum atomic E-state index is 16.3. The zero-order chi connectivity index (χ0) is 43.7. The van der Waals surface area contributed by atoms with E-state index in [9.17, 15) is 36.4 Å². The summed E-state index contributed by atoms with van der Waals surface area (Å²) in [6.07, 6.45) is -4.33. The molecule has 3 aliphatic carbocycles. The van der Waals surface area contributed by atoms with Crippen LogP contribution in [0.2, 0.25) is 0 Å². The summed E-state index contributed by atoms with van der Waals surface area (Å²) in [5, 5.41) is 5.03. The summed E-state index contributed by atoms with van der Waals surface area (Å²) >= 11 is 0. The Morgan fingerprint density at radius 2 is 1.82 bits per heavy atom. The molecule has 2 aliphatic heterocycles. The molecule has 3 saturated carbocycles. The topological polar surface area (TPSA) is 195 Å². The van der Waals surface area contributed by atoms with Crippen molar-refractivity contribution in [3.05, 3.63) is 35.5 Å². The van der Waals surface area contributed by atoms with Crippen LogP contribution < -0.4 is 24.8 Å². The fourth-order valence-corrected chi connectivity index (χ4v) is 9.41. The summed E-state index contributed by atoms with van der Waals surface area (Å²) in [4.78, 5) is 66.2. The number of benzene rings is 1. The van der Waals surface area contributed by atoms with E-state index in [1.807, 2.05) is 4.72 Å². The van der Waals surface area contributed by atoms with Gasteiger partial charge >= 0.3 is 6.09 Å². The lowest BCUT2D eigenvalue weighted by atomic mass is 9.85. The number of alkyl halides is 4. The largest absolute Gasteiger partial charge is 0.497 e. The lowest BCUT2D eigenvalue weighted by molar-refractivity contribution is -0.144. The summed E-state index contributed by atoms with van der Waals surface area (Å²) < 4.78 is 105. The van der Waals surface area contributed by atoms with E-state index >= 15 is 8.78 Å². The van der Waals surface area contributed by atoms with Gasteiger partial charge in [0.1, 0.15) is 35.6 Å². The van der Waals surface area contributed by atoms with E-state index in [2.05, 4.69) is 20.6 Å². The molecule has 60 heavy (non-hydrogen) atoms. The Hall–Kier alpha value is -4.75. The quantitative estimate of drug-likeness (QED) is 0.242. The molecule has 5 aliphatic rings. The standard InChI is InChI=1S/C40H50F4N6O9S/c1-7-22-27-19-50(28(22)32(51)48-39(18-23(39)31(41)42)35(53)49-60(55,56)38(5)14-15-38)34(52)30(37(2,3)4)47-36(54)59-26-16-20(26)10-8-9-13-40(43,44)29-33(58-27)46-25-17-21(57-6)11-12-24(25)45-29/h10-12,17,22-23,26-28,30-31H,7-9,13-16,18-19H2,1-6H3,(H,47,54)(H,48,51)(H,49,53)/b20-10-/t22-,23+,26-,27+,28+,30-,39-/m1/s1. The summed E-state index contributed by atoms with van der Waals surface area (Å²) in [6, 6.07) is 1.53. The highest BCUT2D eigenvalue weighted by Gasteiger charge is 2.68. The summed E-state index contributed by atoms with van der Waals surface area (Å²) in [6.45, 7) is 7.57. The van der Waals surface area contributed by atoms with E-state index in [-0.39, 0.29) is 43.1 Å². The molecule has 1 aromatic heterocycles. The number of ether oxygens (including phenoxy) is 3. The molecule has 0 spiro atoms. The first-order valence-electron chi connectivity index (χ1n) is 20.1. The van der Waals surface area contributed by atoms with Crippen LogP contribution >= 0.6 is 0 Å². The first kappa shape index (κ1) is 43.3. The molecule has 1 saturated heterocycles. The van der Waals surface area contributed by atoms with Gasteiger partial charge in [0.2, 0.25) is 34.1 Å². The van der Waals surface area contributed by atoms with Crippen molar-refractivity contribution in [2.24, 2.45) is 17.3 Å². The lowest BCUT2D eigenvalue weighted by Crippen LogP contribution is -2.61. The predicted octanol–water partition coefficient (Wildman–Crippen LogP) is 4.88. The number of amides is 4.